The van der Waals surface area contributed by atoms with Crippen LogP contribution in [-0.2, 0) is 14.3 Å². The maximum atomic E-state index is 13.0. The molecule has 0 bridgehead atoms. The lowest BCUT2D eigenvalue weighted by molar-refractivity contribution is -0.121. The molecule has 9 heteroatoms. The number of carbonyl (C=O) groups excluding carboxylic acids is 3. The fraction of sp³-hybridized carbons (Fsp3) is 0.214. The number of aliphatic imine (C=N–C) groups is 1. The molecule has 1 fully saturated rings. The molecule has 37 heavy (non-hydrogen) atoms. The number of aromatic nitrogens is 1. The van der Waals surface area contributed by atoms with Crippen LogP contribution >= 0.6 is 11.8 Å². The van der Waals surface area contributed by atoms with Gasteiger partial charge < -0.3 is 14.0 Å². The van der Waals surface area contributed by atoms with E-state index in [0.717, 1.165) is 22.6 Å². The Labute approximate surface area is 219 Å². The largest absolute Gasteiger partial charge is 0.465 e. The van der Waals surface area contributed by atoms with E-state index in [1.807, 2.05) is 42.7 Å². The van der Waals surface area contributed by atoms with Gasteiger partial charge in [-0.15, -0.1) is 0 Å². The summed E-state index contributed by atoms with van der Waals surface area (Å²) in [4.78, 5) is 43.5. The van der Waals surface area contributed by atoms with E-state index in [1.165, 1.54) is 23.8 Å². The summed E-state index contributed by atoms with van der Waals surface area (Å²) in [6.07, 6.45) is 1.86. The first kappa shape index (κ1) is 26.0. The van der Waals surface area contributed by atoms with Gasteiger partial charge in [-0.25, -0.2) is 14.6 Å². The smallest absolute Gasteiger partial charge is 0.338 e. The van der Waals surface area contributed by atoms with Gasteiger partial charge in [-0.1, -0.05) is 6.07 Å². The van der Waals surface area contributed by atoms with Gasteiger partial charge in [0.25, 0.3) is 5.91 Å². The SMILES string of the molecule is CCOC(=O)c1cccc(-n2c(C)cc(/C=C3\SC(=Nc4ccc(C(=O)OC)cc4)N(C)C3=O)c2C)c1. The van der Waals surface area contributed by atoms with Crippen LogP contribution in [0.5, 0.6) is 0 Å². The molecule has 0 atom stereocenters. The number of hydrogen-bond acceptors (Lipinski definition) is 7. The van der Waals surface area contributed by atoms with Gasteiger partial charge >= 0.3 is 11.9 Å². The molecule has 1 aliphatic rings. The third kappa shape index (κ3) is 5.36. The minimum absolute atomic E-state index is 0.149. The molecular weight excluding hydrogens is 490 g/mol. The molecule has 0 saturated carbocycles. The van der Waals surface area contributed by atoms with E-state index in [4.69, 9.17) is 9.47 Å². The van der Waals surface area contributed by atoms with Gasteiger partial charge in [0, 0.05) is 24.1 Å². The van der Waals surface area contributed by atoms with Crippen LogP contribution in [-0.4, -0.2) is 53.2 Å². The normalized spacial score (nSPS) is 15.5. The van der Waals surface area contributed by atoms with Crippen LogP contribution in [0.1, 0.15) is 44.6 Å². The average molecular weight is 518 g/mol. The third-order valence-corrected chi connectivity index (χ3v) is 6.95. The van der Waals surface area contributed by atoms with Crippen molar-refractivity contribution in [1.82, 2.24) is 9.47 Å². The Bertz CT molecular complexity index is 1440. The average Bonchev–Trinajstić information content (AvgIpc) is 3.33. The first-order valence-corrected chi connectivity index (χ1v) is 12.5. The lowest BCUT2D eigenvalue weighted by Crippen LogP contribution is -2.23. The second kappa shape index (κ2) is 10.9. The number of benzene rings is 2. The molecule has 2 heterocycles. The van der Waals surface area contributed by atoms with Crippen LogP contribution < -0.4 is 0 Å². The van der Waals surface area contributed by atoms with Crippen LogP contribution in [0.3, 0.4) is 0 Å². The number of esters is 2. The summed E-state index contributed by atoms with van der Waals surface area (Å²) in [6, 6.07) is 16.0. The fourth-order valence-electron chi connectivity index (χ4n) is 4.01. The minimum Gasteiger partial charge on any atom is -0.465 e. The van der Waals surface area contributed by atoms with Crippen LogP contribution in [0.2, 0.25) is 0 Å². The summed E-state index contributed by atoms with van der Waals surface area (Å²) in [6.45, 7) is 6.04. The van der Waals surface area contributed by atoms with Gasteiger partial charge in [-0.05, 0) is 92.7 Å². The molecule has 4 rings (SSSR count). The Kier molecular flexibility index (Phi) is 7.63. The van der Waals surface area contributed by atoms with Crippen LogP contribution in [0.25, 0.3) is 11.8 Å². The Hall–Kier alpha value is -4.11. The van der Waals surface area contributed by atoms with Crippen molar-refractivity contribution in [2.24, 2.45) is 4.99 Å². The number of nitrogens with zero attached hydrogens (tertiary/aromatic N) is 3. The monoisotopic (exact) mass is 517 g/mol. The summed E-state index contributed by atoms with van der Waals surface area (Å²) in [5.41, 5.74) is 5.17. The van der Waals surface area contributed by atoms with E-state index < -0.39 is 5.97 Å². The molecular formula is C28H27N3O5S. The molecule has 0 radical (unpaired) electrons. The highest BCUT2D eigenvalue weighted by Gasteiger charge is 2.31. The number of thioether (sulfide) groups is 1. The van der Waals surface area contributed by atoms with Crippen molar-refractivity contribution in [3.8, 4) is 5.69 Å². The van der Waals surface area contributed by atoms with Gasteiger partial charge in [-0.2, -0.15) is 0 Å². The van der Waals surface area contributed by atoms with Gasteiger partial charge in [0.05, 0.1) is 35.4 Å². The predicted molar refractivity (Wildman–Crippen MR) is 144 cm³/mol. The van der Waals surface area contributed by atoms with Crippen molar-refractivity contribution < 1.29 is 23.9 Å². The van der Waals surface area contributed by atoms with Gasteiger partial charge in [0.2, 0.25) is 0 Å². The second-order valence-corrected chi connectivity index (χ2v) is 9.35. The minimum atomic E-state index is -0.419. The summed E-state index contributed by atoms with van der Waals surface area (Å²) in [7, 11) is 3.01. The van der Waals surface area contributed by atoms with Gasteiger partial charge in [0.1, 0.15) is 0 Å². The standard InChI is InChI=1S/C28H27N3O5S/c1-6-36-27(34)20-8-7-9-23(15-20)31-17(2)14-21(18(31)3)16-24-25(32)30(4)28(37-24)29-22-12-10-19(11-13-22)26(33)35-5/h7-16H,6H2,1-5H3/b24-16-,29-28?. The molecule has 2 aromatic carbocycles. The van der Waals surface area contributed by atoms with Crippen molar-refractivity contribution in [3.05, 3.63) is 87.6 Å². The number of methoxy groups -OCH3 is 1. The maximum Gasteiger partial charge on any atom is 0.338 e. The fourth-order valence-corrected chi connectivity index (χ4v) is 4.99. The number of amidine groups is 1. The Morgan fingerprint density at radius 2 is 1.76 bits per heavy atom. The molecule has 0 unspecified atom stereocenters. The zero-order valence-corrected chi connectivity index (χ0v) is 22.1. The molecule has 8 nitrogen and oxygen atoms in total. The summed E-state index contributed by atoms with van der Waals surface area (Å²) >= 11 is 1.29. The second-order valence-electron chi connectivity index (χ2n) is 8.34. The third-order valence-electron chi connectivity index (χ3n) is 5.89. The molecule has 1 aromatic heterocycles. The Morgan fingerprint density at radius 3 is 2.43 bits per heavy atom. The van der Waals surface area contributed by atoms with Crippen molar-refractivity contribution in [1.29, 1.82) is 0 Å². The summed E-state index contributed by atoms with van der Waals surface area (Å²) < 4.78 is 11.9. The van der Waals surface area contributed by atoms with E-state index in [-0.39, 0.29) is 11.9 Å². The number of likely N-dealkylation sites (N-methyl/N-ethyl adjacent to an activating group) is 1. The zero-order chi connectivity index (χ0) is 26.7. The van der Waals surface area contributed by atoms with Crippen LogP contribution in [0.4, 0.5) is 5.69 Å². The van der Waals surface area contributed by atoms with Crippen molar-refractivity contribution >= 4 is 46.5 Å². The summed E-state index contributed by atoms with van der Waals surface area (Å²) in [5.74, 6) is -0.932. The molecule has 1 saturated heterocycles. The van der Waals surface area contributed by atoms with Crippen LogP contribution in [0, 0.1) is 13.8 Å². The first-order valence-electron chi connectivity index (χ1n) is 11.6. The Morgan fingerprint density at radius 1 is 1.03 bits per heavy atom. The molecule has 0 spiro atoms. The van der Waals surface area contributed by atoms with Crippen molar-refractivity contribution in [2.45, 2.75) is 20.8 Å². The Balaban J connectivity index is 1.62. The van der Waals surface area contributed by atoms with Crippen molar-refractivity contribution in [3.63, 3.8) is 0 Å². The number of aryl methyl sites for hydroxylation is 1. The lowest BCUT2D eigenvalue weighted by atomic mass is 10.2. The maximum absolute atomic E-state index is 13.0. The first-order chi connectivity index (χ1) is 17.7. The number of ether oxygens (including phenoxy) is 2. The number of amides is 1. The van der Waals surface area contributed by atoms with E-state index in [9.17, 15) is 14.4 Å². The van der Waals surface area contributed by atoms with Crippen LogP contribution in [0.15, 0.2) is 64.5 Å². The highest BCUT2D eigenvalue weighted by Crippen LogP contribution is 2.34. The number of hydrogen-bond donors (Lipinski definition) is 0. The molecule has 1 aliphatic heterocycles. The highest BCUT2D eigenvalue weighted by atomic mass is 32.2. The van der Waals surface area contributed by atoms with Gasteiger partial charge in [0.15, 0.2) is 5.17 Å². The molecule has 0 aliphatic carbocycles. The summed E-state index contributed by atoms with van der Waals surface area (Å²) in [5, 5.41) is 0.540. The molecule has 0 N–H and O–H groups in total. The number of rotatable bonds is 6. The lowest BCUT2D eigenvalue weighted by Gasteiger charge is -2.11. The number of carbonyl (C=O) groups is 3. The van der Waals surface area contributed by atoms with E-state index in [1.54, 1.807) is 50.4 Å². The molecule has 190 valence electrons. The van der Waals surface area contributed by atoms with E-state index in [2.05, 4.69) is 4.99 Å². The highest BCUT2D eigenvalue weighted by molar-refractivity contribution is 8.18. The van der Waals surface area contributed by atoms with Crippen molar-refractivity contribution in [2.75, 3.05) is 20.8 Å². The predicted octanol–water partition coefficient (Wildman–Crippen LogP) is 5.29. The zero-order valence-electron chi connectivity index (χ0n) is 21.3. The molecule has 1 amide bonds. The van der Waals surface area contributed by atoms with E-state index in [0.29, 0.717) is 33.5 Å². The quantitative estimate of drug-likeness (QED) is 0.326. The van der Waals surface area contributed by atoms with Gasteiger partial charge in [-0.3, -0.25) is 9.69 Å². The topological polar surface area (TPSA) is 90.2 Å². The van der Waals surface area contributed by atoms with E-state index >= 15 is 0 Å². The molecule has 3 aromatic rings.